The number of benzene rings is 2. The van der Waals surface area contributed by atoms with Crippen LogP contribution in [0.4, 0.5) is 16.2 Å². The van der Waals surface area contributed by atoms with Crippen molar-refractivity contribution < 1.29 is 14.7 Å². The summed E-state index contributed by atoms with van der Waals surface area (Å²) in [6, 6.07) is 11.4. The van der Waals surface area contributed by atoms with Crippen molar-refractivity contribution in [3.05, 3.63) is 58.1 Å². The average Bonchev–Trinajstić information content (AvgIpc) is 2.43. The minimum absolute atomic E-state index is 0.185. The highest BCUT2D eigenvalue weighted by Gasteiger charge is 2.09. The van der Waals surface area contributed by atoms with Crippen molar-refractivity contribution in [2.24, 2.45) is 0 Å². The van der Waals surface area contributed by atoms with E-state index in [1.807, 2.05) is 18.2 Å². The second-order valence-corrected chi connectivity index (χ2v) is 5.25. The van der Waals surface area contributed by atoms with E-state index >= 15 is 0 Å². The third-order valence-corrected chi connectivity index (χ3v) is 3.54. The van der Waals surface area contributed by atoms with Gasteiger partial charge in [0.05, 0.1) is 11.3 Å². The zero-order chi connectivity index (χ0) is 15.4. The summed E-state index contributed by atoms with van der Waals surface area (Å²) in [5.74, 6) is -0.998. The zero-order valence-electron chi connectivity index (χ0n) is 11.2. The number of anilines is 2. The van der Waals surface area contributed by atoms with Crippen LogP contribution in [0.25, 0.3) is 0 Å². The highest BCUT2D eigenvalue weighted by Crippen LogP contribution is 2.22. The summed E-state index contributed by atoms with van der Waals surface area (Å²) in [5.41, 5.74) is 2.07. The Balaban J connectivity index is 2.10. The topological polar surface area (TPSA) is 78.4 Å². The first kappa shape index (κ1) is 15.1. The van der Waals surface area contributed by atoms with Gasteiger partial charge in [-0.3, -0.25) is 0 Å². The fourth-order valence-corrected chi connectivity index (χ4v) is 2.16. The number of aromatic carboxylic acids is 1. The predicted molar refractivity (Wildman–Crippen MR) is 84.9 cm³/mol. The van der Waals surface area contributed by atoms with E-state index < -0.39 is 12.0 Å². The fraction of sp³-hybridized carbons (Fsp3) is 0.0667. The van der Waals surface area contributed by atoms with Gasteiger partial charge in [0.15, 0.2) is 0 Å². The largest absolute Gasteiger partial charge is 0.478 e. The van der Waals surface area contributed by atoms with Crippen LogP contribution in [0.3, 0.4) is 0 Å². The zero-order valence-corrected chi connectivity index (χ0v) is 12.8. The number of urea groups is 1. The van der Waals surface area contributed by atoms with E-state index in [1.54, 1.807) is 19.1 Å². The van der Waals surface area contributed by atoms with E-state index in [2.05, 4.69) is 26.6 Å². The van der Waals surface area contributed by atoms with Crippen LogP contribution in [0.2, 0.25) is 0 Å². The highest BCUT2D eigenvalue weighted by molar-refractivity contribution is 9.10. The van der Waals surface area contributed by atoms with Crippen LogP contribution in [-0.2, 0) is 0 Å². The van der Waals surface area contributed by atoms with Crippen molar-refractivity contribution in [1.82, 2.24) is 0 Å². The molecule has 0 radical (unpaired) electrons. The molecule has 0 heterocycles. The van der Waals surface area contributed by atoms with Gasteiger partial charge in [0.2, 0.25) is 0 Å². The van der Waals surface area contributed by atoms with Crippen LogP contribution in [-0.4, -0.2) is 17.1 Å². The Morgan fingerprint density at radius 2 is 1.71 bits per heavy atom. The number of rotatable bonds is 3. The molecule has 0 aliphatic rings. The highest BCUT2D eigenvalue weighted by atomic mass is 79.9. The van der Waals surface area contributed by atoms with E-state index in [0.29, 0.717) is 16.9 Å². The Bertz CT molecular complexity index is 701. The minimum atomic E-state index is -0.998. The summed E-state index contributed by atoms with van der Waals surface area (Å²) in [6.07, 6.45) is 0. The summed E-state index contributed by atoms with van der Waals surface area (Å²) in [7, 11) is 0. The lowest BCUT2D eigenvalue weighted by Crippen LogP contribution is -2.20. The predicted octanol–water partition coefficient (Wildman–Crippen LogP) is 4.10. The second-order valence-electron chi connectivity index (χ2n) is 4.39. The molecule has 5 nitrogen and oxygen atoms in total. The van der Waals surface area contributed by atoms with Crippen molar-refractivity contribution in [1.29, 1.82) is 0 Å². The van der Waals surface area contributed by atoms with E-state index in [-0.39, 0.29) is 5.56 Å². The molecule has 0 bridgehead atoms. The number of halogens is 1. The number of carboxylic acids is 1. The molecule has 2 aromatic carbocycles. The van der Waals surface area contributed by atoms with Gasteiger partial charge in [-0.15, -0.1) is 0 Å². The molecular formula is C15H13BrN2O3. The van der Waals surface area contributed by atoms with Crippen LogP contribution in [0, 0.1) is 6.92 Å². The monoisotopic (exact) mass is 348 g/mol. The van der Waals surface area contributed by atoms with Gasteiger partial charge < -0.3 is 15.7 Å². The van der Waals surface area contributed by atoms with Gasteiger partial charge in [0.25, 0.3) is 0 Å². The molecule has 0 unspecified atom stereocenters. The number of carbonyl (C=O) groups excluding carboxylic acids is 1. The Labute approximate surface area is 130 Å². The first-order valence-corrected chi connectivity index (χ1v) is 6.93. The Morgan fingerprint density at radius 3 is 2.33 bits per heavy atom. The fourth-order valence-electron chi connectivity index (χ4n) is 1.78. The van der Waals surface area contributed by atoms with Gasteiger partial charge in [-0.2, -0.15) is 0 Å². The van der Waals surface area contributed by atoms with Crippen molar-refractivity contribution in [3.63, 3.8) is 0 Å². The number of para-hydroxylation sites is 1. The molecule has 2 aromatic rings. The molecule has 3 N–H and O–H groups in total. The van der Waals surface area contributed by atoms with E-state index in [0.717, 1.165) is 4.47 Å². The second kappa shape index (κ2) is 6.41. The van der Waals surface area contributed by atoms with Crippen molar-refractivity contribution in [3.8, 4) is 0 Å². The molecule has 0 atom stereocenters. The lowest BCUT2D eigenvalue weighted by Gasteiger charge is -2.11. The third kappa shape index (κ3) is 3.82. The number of carboxylic acid groups (broad SMARTS) is 1. The normalized spacial score (nSPS) is 10.0. The molecule has 0 spiro atoms. The molecule has 21 heavy (non-hydrogen) atoms. The SMILES string of the molecule is Cc1cc(C(=O)O)ccc1NC(=O)Nc1ccccc1Br. The van der Waals surface area contributed by atoms with E-state index in [4.69, 9.17) is 5.11 Å². The third-order valence-electron chi connectivity index (χ3n) is 2.84. The Hall–Kier alpha value is -2.34. The average molecular weight is 349 g/mol. The molecule has 0 aliphatic heterocycles. The minimum Gasteiger partial charge on any atom is -0.478 e. The molecule has 2 rings (SSSR count). The maximum atomic E-state index is 11.9. The van der Waals surface area contributed by atoms with Crippen LogP contribution >= 0.6 is 15.9 Å². The smallest absolute Gasteiger partial charge is 0.335 e. The van der Waals surface area contributed by atoms with E-state index in [1.165, 1.54) is 12.1 Å². The number of aryl methyl sites for hydroxylation is 1. The maximum Gasteiger partial charge on any atom is 0.335 e. The quantitative estimate of drug-likeness (QED) is 0.781. The van der Waals surface area contributed by atoms with Crippen LogP contribution < -0.4 is 10.6 Å². The number of carbonyl (C=O) groups is 2. The molecule has 0 fully saturated rings. The number of nitrogens with one attached hydrogen (secondary N) is 2. The summed E-state index contributed by atoms with van der Waals surface area (Å²) in [6.45, 7) is 1.74. The summed E-state index contributed by atoms with van der Waals surface area (Å²) in [4.78, 5) is 22.8. The number of hydrogen-bond acceptors (Lipinski definition) is 2. The van der Waals surface area contributed by atoms with Gasteiger partial charge in [-0.25, -0.2) is 9.59 Å². The van der Waals surface area contributed by atoms with Gasteiger partial charge in [-0.1, -0.05) is 12.1 Å². The first-order chi connectivity index (χ1) is 9.97. The molecule has 2 amide bonds. The lowest BCUT2D eigenvalue weighted by molar-refractivity contribution is 0.0697. The van der Waals surface area contributed by atoms with Gasteiger partial charge >= 0.3 is 12.0 Å². The molecular weight excluding hydrogens is 336 g/mol. The van der Waals surface area contributed by atoms with Crippen LogP contribution in [0.1, 0.15) is 15.9 Å². The van der Waals surface area contributed by atoms with Crippen molar-refractivity contribution in [2.45, 2.75) is 6.92 Å². The van der Waals surface area contributed by atoms with E-state index in [9.17, 15) is 9.59 Å². The summed E-state index contributed by atoms with van der Waals surface area (Å²) in [5, 5.41) is 14.3. The maximum absolute atomic E-state index is 11.9. The Kier molecular flexibility index (Phi) is 4.59. The standard InChI is InChI=1S/C15H13BrN2O3/c1-9-8-10(14(19)20)6-7-12(9)17-15(21)18-13-5-3-2-4-11(13)16/h2-8H,1H3,(H,19,20)(H2,17,18,21). The van der Waals surface area contributed by atoms with Gasteiger partial charge in [0, 0.05) is 10.2 Å². The molecule has 6 heteroatoms. The van der Waals surface area contributed by atoms with Gasteiger partial charge in [-0.05, 0) is 58.7 Å². The van der Waals surface area contributed by atoms with Crippen LogP contribution in [0.15, 0.2) is 46.9 Å². The molecule has 108 valence electrons. The molecule has 0 saturated carbocycles. The van der Waals surface area contributed by atoms with Crippen molar-refractivity contribution >= 4 is 39.3 Å². The first-order valence-electron chi connectivity index (χ1n) is 6.14. The molecule has 0 saturated heterocycles. The number of amides is 2. The molecule has 0 aliphatic carbocycles. The van der Waals surface area contributed by atoms with Gasteiger partial charge in [0.1, 0.15) is 0 Å². The Morgan fingerprint density at radius 1 is 1.05 bits per heavy atom. The number of hydrogen-bond donors (Lipinski definition) is 3. The summed E-state index contributed by atoms with van der Waals surface area (Å²) < 4.78 is 0.776. The van der Waals surface area contributed by atoms with Crippen molar-refractivity contribution in [2.75, 3.05) is 10.6 Å². The van der Waals surface area contributed by atoms with Crippen LogP contribution in [0.5, 0.6) is 0 Å². The summed E-state index contributed by atoms with van der Waals surface area (Å²) >= 11 is 3.34. The lowest BCUT2D eigenvalue weighted by atomic mass is 10.1. The molecule has 0 aromatic heterocycles.